The zero-order valence-electron chi connectivity index (χ0n) is 12.1. The molecule has 3 rings (SSSR count). The summed E-state index contributed by atoms with van der Waals surface area (Å²) in [5, 5.41) is 4.84. The lowest BCUT2D eigenvalue weighted by molar-refractivity contribution is 0.460. The fourth-order valence-corrected chi connectivity index (χ4v) is 3.39. The molecule has 1 heterocycles. The van der Waals surface area contributed by atoms with Crippen LogP contribution in [0.3, 0.4) is 0 Å². The molecule has 1 aromatic heterocycles. The lowest BCUT2D eigenvalue weighted by Gasteiger charge is -2.23. The minimum atomic E-state index is 0.505. The number of nitrogens with one attached hydrogen (secondary N) is 1. The van der Waals surface area contributed by atoms with Crippen molar-refractivity contribution in [2.24, 2.45) is 0 Å². The molecule has 21 heavy (non-hydrogen) atoms. The van der Waals surface area contributed by atoms with Gasteiger partial charge in [0.25, 0.3) is 0 Å². The highest BCUT2D eigenvalue weighted by molar-refractivity contribution is 6.35. The Morgan fingerprint density at radius 3 is 2.67 bits per heavy atom. The van der Waals surface area contributed by atoms with Crippen LogP contribution >= 0.6 is 23.2 Å². The number of hydrogen-bond acceptors (Lipinski definition) is 2. The van der Waals surface area contributed by atoms with Crippen LogP contribution in [-0.2, 0) is 0 Å². The van der Waals surface area contributed by atoms with Gasteiger partial charge in [-0.2, -0.15) is 0 Å². The van der Waals surface area contributed by atoms with Crippen molar-refractivity contribution < 1.29 is 0 Å². The van der Waals surface area contributed by atoms with E-state index in [1.54, 1.807) is 6.07 Å². The predicted octanol–water partition coefficient (Wildman–Crippen LogP) is 5.23. The van der Waals surface area contributed by atoms with Gasteiger partial charge in [0.05, 0.1) is 16.4 Å². The molecule has 2 aromatic rings. The molecule has 1 N–H and O–H groups in total. The molecule has 0 radical (unpaired) electrons. The molecule has 5 heteroatoms. The van der Waals surface area contributed by atoms with Crippen LogP contribution in [0.2, 0.25) is 10.0 Å². The molecule has 1 saturated carbocycles. The standard InChI is InChI=1S/C16H19Cl2N3/c1-11-10-21(15-8-7-12(17)9-14(15)18)16(19-11)20-13-5-3-2-4-6-13/h7-10,13H,2-6H2,1H3,(H,19,20). The van der Waals surface area contributed by atoms with Gasteiger partial charge in [0, 0.05) is 17.3 Å². The van der Waals surface area contributed by atoms with E-state index in [2.05, 4.69) is 10.3 Å². The van der Waals surface area contributed by atoms with Crippen molar-refractivity contribution >= 4 is 29.2 Å². The lowest BCUT2D eigenvalue weighted by atomic mass is 9.96. The molecule has 1 fully saturated rings. The van der Waals surface area contributed by atoms with Crippen molar-refractivity contribution in [1.29, 1.82) is 0 Å². The average Bonchev–Trinajstić information content (AvgIpc) is 2.80. The molecule has 0 unspecified atom stereocenters. The van der Waals surface area contributed by atoms with Gasteiger partial charge in [-0.25, -0.2) is 4.98 Å². The number of halogens is 2. The van der Waals surface area contributed by atoms with Crippen LogP contribution in [0.5, 0.6) is 0 Å². The largest absolute Gasteiger partial charge is 0.353 e. The number of hydrogen-bond donors (Lipinski definition) is 1. The number of imidazole rings is 1. The molecule has 1 aliphatic rings. The molecule has 3 nitrogen and oxygen atoms in total. The van der Waals surface area contributed by atoms with Crippen LogP contribution in [0.25, 0.3) is 5.69 Å². The fourth-order valence-electron chi connectivity index (χ4n) is 2.89. The molecule has 0 bridgehead atoms. The molecule has 1 aromatic carbocycles. The molecule has 0 saturated heterocycles. The van der Waals surface area contributed by atoms with Crippen LogP contribution in [0.4, 0.5) is 5.95 Å². The Kier molecular flexibility index (Phi) is 4.41. The van der Waals surface area contributed by atoms with Gasteiger partial charge in [0.15, 0.2) is 0 Å². The van der Waals surface area contributed by atoms with Crippen molar-refractivity contribution in [2.75, 3.05) is 5.32 Å². The second kappa shape index (κ2) is 6.29. The van der Waals surface area contributed by atoms with Crippen molar-refractivity contribution in [3.63, 3.8) is 0 Å². The summed E-state index contributed by atoms with van der Waals surface area (Å²) >= 11 is 12.3. The van der Waals surface area contributed by atoms with E-state index in [1.165, 1.54) is 32.1 Å². The molecule has 0 spiro atoms. The van der Waals surface area contributed by atoms with Crippen molar-refractivity contribution in [3.05, 3.63) is 40.1 Å². The smallest absolute Gasteiger partial charge is 0.208 e. The topological polar surface area (TPSA) is 29.9 Å². The Hall–Kier alpha value is -1.19. The first-order valence-corrected chi connectivity index (χ1v) is 8.17. The van der Waals surface area contributed by atoms with E-state index in [4.69, 9.17) is 23.2 Å². The van der Waals surface area contributed by atoms with Crippen LogP contribution in [0, 0.1) is 6.92 Å². The maximum Gasteiger partial charge on any atom is 0.208 e. The minimum Gasteiger partial charge on any atom is -0.353 e. The normalized spacial score (nSPS) is 16.1. The summed E-state index contributed by atoms with van der Waals surface area (Å²) in [6.07, 6.45) is 8.34. The first-order chi connectivity index (χ1) is 10.1. The third-order valence-corrected chi connectivity index (χ3v) is 4.47. The molecular weight excluding hydrogens is 305 g/mol. The highest BCUT2D eigenvalue weighted by atomic mass is 35.5. The van der Waals surface area contributed by atoms with E-state index >= 15 is 0 Å². The average molecular weight is 324 g/mol. The number of rotatable bonds is 3. The van der Waals surface area contributed by atoms with Gasteiger partial charge in [0.1, 0.15) is 0 Å². The maximum atomic E-state index is 6.33. The summed E-state index contributed by atoms with van der Waals surface area (Å²) in [6.45, 7) is 1.99. The minimum absolute atomic E-state index is 0.505. The van der Waals surface area contributed by atoms with Gasteiger partial charge in [-0.3, -0.25) is 4.57 Å². The zero-order valence-corrected chi connectivity index (χ0v) is 13.6. The summed E-state index contributed by atoms with van der Waals surface area (Å²) in [7, 11) is 0. The molecule has 112 valence electrons. The van der Waals surface area contributed by atoms with Crippen molar-refractivity contribution in [3.8, 4) is 5.69 Å². The predicted molar refractivity (Wildman–Crippen MR) is 88.8 cm³/mol. The third-order valence-electron chi connectivity index (χ3n) is 3.93. The van der Waals surface area contributed by atoms with E-state index in [0.29, 0.717) is 16.1 Å². The Labute approximate surface area is 135 Å². The number of aryl methyl sites for hydroxylation is 1. The number of aromatic nitrogens is 2. The van der Waals surface area contributed by atoms with Crippen LogP contribution in [0.15, 0.2) is 24.4 Å². The van der Waals surface area contributed by atoms with E-state index in [0.717, 1.165) is 17.3 Å². The summed E-state index contributed by atoms with van der Waals surface area (Å²) in [6, 6.07) is 6.05. The first-order valence-electron chi connectivity index (χ1n) is 7.41. The van der Waals surface area contributed by atoms with Crippen molar-refractivity contribution in [2.45, 2.75) is 45.1 Å². The molecule has 0 amide bonds. The SMILES string of the molecule is Cc1cn(-c2ccc(Cl)cc2Cl)c(NC2CCCCC2)n1. The Bertz CT molecular complexity index is 630. The number of anilines is 1. The summed E-state index contributed by atoms with van der Waals surface area (Å²) in [4.78, 5) is 4.60. The highest BCUT2D eigenvalue weighted by Gasteiger charge is 2.17. The van der Waals surface area contributed by atoms with E-state index in [-0.39, 0.29) is 0 Å². The van der Waals surface area contributed by atoms with Crippen LogP contribution in [0.1, 0.15) is 37.8 Å². The Balaban J connectivity index is 1.91. The molecule has 0 atom stereocenters. The molecule has 0 aliphatic heterocycles. The lowest BCUT2D eigenvalue weighted by Crippen LogP contribution is -2.24. The van der Waals surface area contributed by atoms with Crippen LogP contribution < -0.4 is 5.32 Å². The second-order valence-electron chi connectivity index (χ2n) is 5.65. The monoisotopic (exact) mass is 323 g/mol. The van der Waals surface area contributed by atoms with Gasteiger partial charge in [-0.05, 0) is 38.0 Å². The van der Waals surface area contributed by atoms with Gasteiger partial charge in [0.2, 0.25) is 5.95 Å². The number of benzene rings is 1. The quantitative estimate of drug-likeness (QED) is 0.837. The van der Waals surface area contributed by atoms with Gasteiger partial charge < -0.3 is 5.32 Å². The Morgan fingerprint density at radius 2 is 1.95 bits per heavy atom. The van der Waals surface area contributed by atoms with Crippen LogP contribution in [-0.4, -0.2) is 15.6 Å². The summed E-state index contributed by atoms with van der Waals surface area (Å²) < 4.78 is 2.02. The zero-order chi connectivity index (χ0) is 14.8. The third kappa shape index (κ3) is 3.35. The first kappa shape index (κ1) is 14.7. The summed E-state index contributed by atoms with van der Waals surface area (Å²) in [5.74, 6) is 0.864. The van der Waals surface area contributed by atoms with Gasteiger partial charge in [-0.1, -0.05) is 42.5 Å². The van der Waals surface area contributed by atoms with Crippen molar-refractivity contribution in [1.82, 2.24) is 9.55 Å². The van der Waals surface area contributed by atoms with E-state index < -0.39 is 0 Å². The maximum absolute atomic E-state index is 6.33. The van der Waals surface area contributed by atoms with E-state index in [1.807, 2.05) is 29.8 Å². The molecule has 1 aliphatic carbocycles. The van der Waals surface area contributed by atoms with E-state index in [9.17, 15) is 0 Å². The number of nitrogens with zero attached hydrogens (tertiary/aromatic N) is 2. The summed E-state index contributed by atoms with van der Waals surface area (Å²) in [5.41, 5.74) is 1.87. The van der Waals surface area contributed by atoms with Gasteiger partial charge >= 0.3 is 0 Å². The highest BCUT2D eigenvalue weighted by Crippen LogP contribution is 2.28. The Morgan fingerprint density at radius 1 is 1.19 bits per heavy atom. The molecular formula is C16H19Cl2N3. The fraction of sp³-hybridized carbons (Fsp3) is 0.438. The second-order valence-corrected chi connectivity index (χ2v) is 6.49. The van der Waals surface area contributed by atoms with Gasteiger partial charge in [-0.15, -0.1) is 0 Å².